The van der Waals surface area contributed by atoms with E-state index >= 15 is 0 Å². The normalized spacial score (nSPS) is 22.3. The maximum absolute atomic E-state index is 9.23. The summed E-state index contributed by atoms with van der Waals surface area (Å²) in [6, 6.07) is 11.0. The predicted octanol–water partition coefficient (Wildman–Crippen LogP) is 3.44. The van der Waals surface area contributed by atoms with Gasteiger partial charge in [-0.2, -0.15) is 5.26 Å². The summed E-state index contributed by atoms with van der Waals surface area (Å²) in [5.74, 6) is 0.636. The van der Waals surface area contributed by atoms with E-state index in [1.165, 1.54) is 5.56 Å². The second kappa shape index (κ2) is 5.22. The highest BCUT2D eigenvalue weighted by molar-refractivity contribution is 5.50. The molecule has 1 saturated carbocycles. The van der Waals surface area contributed by atoms with Crippen molar-refractivity contribution in [2.24, 2.45) is 0 Å². The van der Waals surface area contributed by atoms with Gasteiger partial charge >= 0.3 is 0 Å². The van der Waals surface area contributed by atoms with Crippen LogP contribution in [-0.2, 0) is 4.74 Å². The molecule has 100 valence electrons. The second-order valence-corrected chi connectivity index (χ2v) is 5.68. The molecule has 0 unspecified atom stereocenters. The van der Waals surface area contributed by atoms with E-state index in [4.69, 9.17) is 4.74 Å². The zero-order chi connectivity index (χ0) is 13.1. The summed E-state index contributed by atoms with van der Waals surface area (Å²) in [4.78, 5) is 0. The first-order valence-corrected chi connectivity index (χ1v) is 7.18. The largest absolute Gasteiger partial charge is 0.381 e. The number of benzene rings is 1. The molecule has 3 nitrogen and oxygen atoms in total. The molecule has 1 aliphatic carbocycles. The number of ether oxygens (including phenoxy) is 1. The van der Waals surface area contributed by atoms with Gasteiger partial charge in [-0.25, -0.2) is 0 Å². The minimum absolute atomic E-state index is 0.305. The second-order valence-electron chi connectivity index (χ2n) is 5.68. The van der Waals surface area contributed by atoms with Crippen LogP contribution in [-0.4, -0.2) is 18.8 Å². The standard InChI is InChI=1S/C16H20N2O/c17-12-16(8-1-9-16)18-15-4-2-13(3-5-15)14-6-10-19-11-7-14/h2-5,14,18H,1,6-11H2. The highest BCUT2D eigenvalue weighted by Gasteiger charge is 2.36. The third-order valence-corrected chi connectivity index (χ3v) is 4.41. The maximum Gasteiger partial charge on any atom is 0.125 e. The van der Waals surface area contributed by atoms with Crippen LogP contribution in [0.1, 0.15) is 43.6 Å². The van der Waals surface area contributed by atoms with E-state index in [0.717, 1.165) is 51.0 Å². The van der Waals surface area contributed by atoms with Gasteiger partial charge in [0, 0.05) is 18.9 Å². The average molecular weight is 256 g/mol. The van der Waals surface area contributed by atoms with E-state index in [2.05, 4.69) is 35.7 Å². The molecule has 0 atom stereocenters. The quantitative estimate of drug-likeness (QED) is 0.901. The molecule has 19 heavy (non-hydrogen) atoms. The fraction of sp³-hybridized carbons (Fsp3) is 0.562. The van der Waals surface area contributed by atoms with E-state index in [1.807, 2.05) is 0 Å². The van der Waals surface area contributed by atoms with Crippen molar-refractivity contribution in [1.29, 1.82) is 5.26 Å². The van der Waals surface area contributed by atoms with Gasteiger partial charge in [0.05, 0.1) is 6.07 Å². The number of nitrogens with one attached hydrogen (secondary N) is 1. The van der Waals surface area contributed by atoms with Gasteiger partial charge in [-0.15, -0.1) is 0 Å². The van der Waals surface area contributed by atoms with Crippen molar-refractivity contribution in [3.05, 3.63) is 29.8 Å². The Morgan fingerprint density at radius 1 is 1.16 bits per heavy atom. The van der Waals surface area contributed by atoms with Gasteiger partial charge in [-0.1, -0.05) is 12.1 Å². The number of hydrogen-bond acceptors (Lipinski definition) is 3. The average Bonchev–Trinajstić information content (AvgIpc) is 2.45. The van der Waals surface area contributed by atoms with Crippen molar-refractivity contribution in [1.82, 2.24) is 0 Å². The minimum Gasteiger partial charge on any atom is -0.381 e. The highest BCUT2D eigenvalue weighted by atomic mass is 16.5. The van der Waals surface area contributed by atoms with Gasteiger partial charge in [0.15, 0.2) is 0 Å². The SMILES string of the molecule is N#CC1(Nc2ccc(C3CCOCC3)cc2)CCC1. The van der Waals surface area contributed by atoms with Gasteiger partial charge < -0.3 is 10.1 Å². The lowest BCUT2D eigenvalue weighted by molar-refractivity contribution is 0.0853. The van der Waals surface area contributed by atoms with Crippen molar-refractivity contribution in [2.45, 2.75) is 43.6 Å². The van der Waals surface area contributed by atoms with Crippen LogP contribution >= 0.6 is 0 Å². The van der Waals surface area contributed by atoms with Crippen LogP contribution in [0.5, 0.6) is 0 Å². The monoisotopic (exact) mass is 256 g/mol. The molecule has 1 heterocycles. The number of anilines is 1. The Hall–Kier alpha value is -1.53. The van der Waals surface area contributed by atoms with Crippen LogP contribution in [0.2, 0.25) is 0 Å². The topological polar surface area (TPSA) is 45.0 Å². The summed E-state index contributed by atoms with van der Waals surface area (Å²) >= 11 is 0. The van der Waals surface area contributed by atoms with Gasteiger partial charge in [-0.05, 0) is 55.7 Å². The van der Waals surface area contributed by atoms with Crippen LogP contribution < -0.4 is 5.32 Å². The Labute approximate surface area is 114 Å². The summed E-state index contributed by atoms with van der Waals surface area (Å²) < 4.78 is 5.40. The van der Waals surface area contributed by atoms with E-state index in [-0.39, 0.29) is 5.54 Å². The van der Waals surface area contributed by atoms with E-state index in [9.17, 15) is 5.26 Å². The van der Waals surface area contributed by atoms with Crippen LogP contribution in [0.25, 0.3) is 0 Å². The van der Waals surface area contributed by atoms with Crippen molar-refractivity contribution in [3.63, 3.8) is 0 Å². The molecule has 0 amide bonds. The number of hydrogen-bond donors (Lipinski definition) is 1. The van der Waals surface area contributed by atoms with Gasteiger partial charge in [-0.3, -0.25) is 0 Å². The molecule has 1 saturated heterocycles. The van der Waals surface area contributed by atoms with Crippen LogP contribution in [0.15, 0.2) is 24.3 Å². The predicted molar refractivity (Wildman–Crippen MR) is 75.1 cm³/mol. The van der Waals surface area contributed by atoms with Crippen LogP contribution in [0.3, 0.4) is 0 Å². The molecule has 1 aromatic carbocycles. The summed E-state index contributed by atoms with van der Waals surface area (Å²) in [7, 11) is 0. The third-order valence-electron chi connectivity index (χ3n) is 4.41. The summed E-state index contributed by atoms with van der Waals surface area (Å²) in [6.07, 6.45) is 5.32. The van der Waals surface area contributed by atoms with Gasteiger partial charge in [0.2, 0.25) is 0 Å². The number of nitrogens with zero attached hydrogens (tertiary/aromatic N) is 1. The van der Waals surface area contributed by atoms with E-state index < -0.39 is 0 Å². The first-order chi connectivity index (χ1) is 9.31. The van der Waals surface area contributed by atoms with Gasteiger partial charge in [0.1, 0.15) is 5.54 Å². The molecule has 2 fully saturated rings. The summed E-state index contributed by atoms with van der Waals surface area (Å²) in [6.45, 7) is 1.75. The number of nitriles is 1. The van der Waals surface area contributed by atoms with Crippen molar-refractivity contribution >= 4 is 5.69 Å². The zero-order valence-electron chi connectivity index (χ0n) is 11.2. The summed E-state index contributed by atoms with van der Waals surface area (Å²) in [5.41, 5.74) is 2.16. The molecule has 3 heteroatoms. The van der Waals surface area contributed by atoms with Crippen molar-refractivity contribution < 1.29 is 4.74 Å². The molecule has 0 spiro atoms. The lowest BCUT2D eigenvalue weighted by Gasteiger charge is -2.36. The molecule has 2 aliphatic rings. The number of rotatable bonds is 3. The third kappa shape index (κ3) is 2.59. The first-order valence-electron chi connectivity index (χ1n) is 7.18. The zero-order valence-corrected chi connectivity index (χ0v) is 11.2. The lowest BCUT2D eigenvalue weighted by atomic mass is 9.78. The van der Waals surface area contributed by atoms with Crippen molar-refractivity contribution in [2.75, 3.05) is 18.5 Å². The molecule has 3 rings (SSSR count). The van der Waals surface area contributed by atoms with E-state index in [0.29, 0.717) is 5.92 Å². The van der Waals surface area contributed by atoms with Crippen LogP contribution in [0.4, 0.5) is 5.69 Å². The fourth-order valence-electron chi connectivity index (χ4n) is 2.94. The molecule has 0 radical (unpaired) electrons. The smallest absolute Gasteiger partial charge is 0.125 e. The van der Waals surface area contributed by atoms with Crippen LogP contribution in [0, 0.1) is 11.3 Å². The Bertz CT molecular complexity index is 465. The molecule has 1 aliphatic heterocycles. The summed E-state index contributed by atoms with van der Waals surface area (Å²) in [5, 5.41) is 12.6. The molecule has 1 N–H and O–H groups in total. The molecular weight excluding hydrogens is 236 g/mol. The van der Waals surface area contributed by atoms with E-state index in [1.54, 1.807) is 0 Å². The molecule has 0 bridgehead atoms. The maximum atomic E-state index is 9.23. The Balaban J connectivity index is 1.67. The molecule has 1 aromatic rings. The Morgan fingerprint density at radius 3 is 2.37 bits per heavy atom. The Kier molecular flexibility index (Phi) is 3.44. The van der Waals surface area contributed by atoms with Crippen molar-refractivity contribution in [3.8, 4) is 6.07 Å². The highest BCUT2D eigenvalue weighted by Crippen LogP contribution is 2.35. The molecule has 0 aromatic heterocycles. The lowest BCUT2D eigenvalue weighted by Crippen LogP contribution is -2.43. The Morgan fingerprint density at radius 2 is 1.84 bits per heavy atom. The van der Waals surface area contributed by atoms with Gasteiger partial charge in [0.25, 0.3) is 0 Å². The molecular formula is C16H20N2O. The minimum atomic E-state index is -0.305. The first kappa shape index (κ1) is 12.5. The fourth-order valence-corrected chi connectivity index (χ4v) is 2.94.